The Hall–Kier alpha value is -0.200. The minimum atomic E-state index is -0.835. The SMILES string of the molecule is [CH2]c1ccccc1C(C)(Cl)Cl. The van der Waals surface area contributed by atoms with Crippen molar-refractivity contribution in [3.63, 3.8) is 0 Å². The second-order valence-electron chi connectivity index (χ2n) is 2.55. The number of alkyl halides is 2. The molecule has 11 heavy (non-hydrogen) atoms. The molecule has 2 heteroatoms. The van der Waals surface area contributed by atoms with Crippen LogP contribution in [-0.2, 0) is 4.33 Å². The van der Waals surface area contributed by atoms with Crippen LogP contribution in [0.1, 0.15) is 18.1 Å². The van der Waals surface area contributed by atoms with Gasteiger partial charge in [0.15, 0.2) is 0 Å². The van der Waals surface area contributed by atoms with Crippen LogP contribution < -0.4 is 0 Å². The third kappa shape index (κ3) is 2.11. The van der Waals surface area contributed by atoms with E-state index in [9.17, 15) is 0 Å². The molecule has 1 radical (unpaired) electrons. The van der Waals surface area contributed by atoms with Crippen LogP contribution in [0.5, 0.6) is 0 Å². The van der Waals surface area contributed by atoms with Crippen LogP contribution in [0.25, 0.3) is 0 Å². The molecule has 59 valence electrons. The van der Waals surface area contributed by atoms with E-state index in [0.29, 0.717) is 0 Å². The molecule has 1 aromatic carbocycles. The fraction of sp³-hybridized carbons (Fsp3) is 0.222. The highest BCUT2D eigenvalue weighted by molar-refractivity contribution is 6.47. The van der Waals surface area contributed by atoms with E-state index in [2.05, 4.69) is 6.92 Å². The maximum absolute atomic E-state index is 5.89. The molecule has 0 aliphatic carbocycles. The topological polar surface area (TPSA) is 0 Å². The molecule has 1 aromatic rings. The van der Waals surface area contributed by atoms with Crippen molar-refractivity contribution in [3.05, 3.63) is 42.3 Å². The summed E-state index contributed by atoms with van der Waals surface area (Å²) in [7, 11) is 0. The van der Waals surface area contributed by atoms with Crippen LogP contribution in [0.3, 0.4) is 0 Å². The van der Waals surface area contributed by atoms with Gasteiger partial charge in [0.05, 0.1) is 0 Å². The lowest BCUT2D eigenvalue weighted by molar-refractivity contribution is 0.969. The monoisotopic (exact) mass is 187 g/mol. The minimum Gasteiger partial charge on any atom is -0.0966 e. The second kappa shape index (κ2) is 3.04. The molecule has 0 aliphatic heterocycles. The molecular weight excluding hydrogens is 179 g/mol. The Labute approximate surface area is 77.1 Å². The van der Waals surface area contributed by atoms with E-state index in [1.165, 1.54) is 0 Å². The molecular formula is C9H9Cl2. The van der Waals surface area contributed by atoms with Gasteiger partial charge in [-0.25, -0.2) is 0 Å². The average Bonchev–Trinajstić information content (AvgIpc) is 1.86. The Morgan fingerprint density at radius 1 is 1.27 bits per heavy atom. The largest absolute Gasteiger partial charge is 0.140 e. The van der Waals surface area contributed by atoms with E-state index < -0.39 is 4.33 Å². The van der Waals surface area contributed by atoms with Gasteiger partial charge in [0, 0.05) is 0 Å². The molecule has 0 fully saturated rings. The summed E-state index contributed by atoms with van der Waals surface area (Å²) in [5, 5.41) is 0. The molecule has 0 amide bonds. The zero-order chi connectivity index (χ0) is 8.48. The van der Waals surface area contributed by atoms with Gasteiger partial charge >= 0.3 is 0 Å². The second-order valence-corrected chi connectivity index (χ2v) is 4.25. The Morgan fingerprint density at radius 3 is 2.18 bits per heavy atom. The molecule has 1 rings (SSSR count). The van der Waals surface area contributed by atoms with Gasteiger partial charge in [0.25, 0.3) is 0 Å². The maximum atomic E-state index is 5.89. The fourth-order valence-electron chi connectivity index (χ4n) is 0.949. The number of halogens is 2. The van der Waals surface area contributed by atoms with Gasteiger partial charge in [-0.05, 0) is 25.0 Å². The third-order valence-electron chi connectivity index (χ3n) is 1.49. The smallest absolute Gasteiger partial charge is 0.0966 e. The first-order valence-electron chi connectivity index (χ1n) is 3.31. The minimum absolute atomic E-state index is 0.835. The maximum Gasteiger partial charge on any atom is 0.140 e. The normalized spacial score (nSPS) is 11.6. The van der Waals surface area contributed by atoms with Crippen LogP contribution in [0.15, 0.2) is 24.3 Å². The van der Waals surface area contributed by atoms with Crippen molar-refractivity contribution in [2.24, 2.45) is 0 Å². The highest BCUT2D eigenvalue weighted by Crippen LogP contribution is 2.34. The van der Waals surface area contributed by atoms with Crippen LogP contribution in [0, 0.1) is 6.92 Å². The summed E-state index contributed by atoms with van der Waals surface area (Å²) in [5.41, 5.74) is 1.74. The lowest BCUT2D eigenvalue weighted by atomic mass is 10.1. The summed E-state index contributed by atoms with van der Waals surface area (Å²) in [5.74, 6) is 0. The Balaban J connectivity index is 3.14. The molecule has 0 atom stereocenters. The van der Waals surface area contributed by atoms with Crippen LogP contribution in [-0.4, -0.2) is 0 Å². The van der Waals surface area contributed by atoms with Crippen molar-refractivity contribution in [2.45, 2.75) is 11.3 Å². The zero-order valence-electron chi connectivity index (χ0n) is 6.27. The summed E-state index contributed by atoms with van der Waals surface area (Å²) in [4.78, 5) is 0. The van der Waals surface area contributed by atoms with Gasteiger partial charge in [0.1, 0.15) is 4.33 Å². The third-order valence-corrected chi connectivity index (χ3v) is 1.90. The first-order chi connectivity index (χ1) is 5.02. The molecule has 0 unspecified atom stereocenters. The number of hydrogen-bond donors (Lipinski definition) is 0. The van der Waals surface area contributed by atoms with Gasteiger partial charge < -0.3 is 0 Å². The molecule has 0 nitrogen and oxygen atoms in total. The van der Waals surface area contributed by atoms with Gasteiger partial charge in [-0.15, -0.1) is 0 Å². The number of hydrogen-bond acceptors (Lipinski definition) is 0. The van der Waals surface area contributed by atoms with Crippen molar-refractivity contribution >= 4 is 23.2 Å². The van der Waals surface area contributed by atoms with Gasteiger partial charge in [0.2, 0.25) is 0 Å². The van der Waals surface area contributed by atoms with Gasteiger partial charge in [-0.3, -0.25) is 0 Å². The fourth-order valence-corrected chi connectivity index (χ4v) is 1.32. The average molecular weight is 188 g/mol. The van der Waals surface area contributed by atoms with E-state index in [0.717, 1.165) is 11.1 Å². The first kappa shape index (κ1) is 8.89. The molecule has 0 N–H and O–H groups in total. The predicted octanol–water partition coefficient (Wildman–Crippen LogP) is 3.52. The first-order valence-corrected chi connectivity index (χ1v) is 4.06. The van der Waals surface area contributed by atoms with Crippen LogP contribution in [0.4, 0.5) is 0 Å². The van der Waals surface area contributed by atoms with E-state index in [1.807, 2.05) is 24.3 Å². The van der Waals surface area contributed by atoms with E-state index in [-0.39, 0.29) is 0 Å². The predicted molar refractivity (Wildman–Crippen MR) is 50.0 cm³/mol. The highest BCUT2D eigenvalue weighted by Gasteiger charge is 2.20. The van der Waals surface area contributed by atoms with Crippen molar-refractivity contribution in [2.75, 3.05) is 0 Å². The Bertz CT molecular complexity index is 248. The molecule has 0 saturated carbocycles. The highest BCUT2D eigenvalue weighted by atomic mass is 35.5. The number of rotatable bonds is 1. The summed E-state index contributed by atoms with van der Waals surface area (Å²) in [6.07, 6.45) is 0. The van der Waals surface area contributed by atoms with E-state index in [1.54, 1.807) is 6.92 Å². The van der Waals surface area contributed by atoms with Crippen molar-refractivity contribution < 1.29 is 0 Å². The summed E-state index contributed by atoms with van der Waals surface area (Å²) in [6.45, 7) is 5.55. The molecule has 0 aromatic heterocycles. The Kier molecular flexibility index (Phi) is 2.46. The van der Waals surface area contributed by atoms with Crippen molar-refractivity contribution in [1.82, 2.24) is 0 Å². The van der Waals surface area contributed by atoms with Crippen LogP contribution >= 0.6 is 23.2 Å². The van der Waals surface area contributed by atoms with E-state index in [4.69, 9.17) is 23.2 Å². The zero-order valence-corrected chi connectivity index (χ0v) is 7.78. The van der Waals surface area contributed by atoms with Gasteiger partial charge in [-0.1, -0.05) is 47.5 Å². The Morgan fingerprint density at radius 2 is 1.82 bits per heavy atom. The molecule has 0 saturated heterocycles. The quantitative estimate of drug-likeness (QED) is 0.591. The molecule has 0 heterocycles. The molecule has 0 spiro atoms. The summed E-state index contributed by atoms with van der Waals surface area (Å²) >= 11 is 11.8. The lowest BCUT2D eigenvalue weighted by Gasteiger charge is -2.15. The lowest BCUT2D eigenvalue weighted by Crippen LogP contribution is -2.05. The summed E-state index contributed by atoms with van der Waals surface area (Å²) in [6, 6.07) is 7.57. The molecule has 0 aliphatic rings. The molecule has 0 bridgehead atoms. The van der Waals surface area contributed by atoms with E-state index >= 15 is 0 Å². The summed E-state index contributed by atoms with van der Waals surface area (Å²) < 4.78 is -0.835. The van der Waals surface area contributed by atoms with Crippen molar-refractivity contribution in [3.8, 4) is 0 Å². The van der Waals surface area contributed by atoms with Crippen LogP contribution in [0.2, 0.25) is 0 Å². The van der Waals surface area contributed by atoms with Gasteiger partial charge in [-0.2, -0.15) is 0 Å². The number of benzene rings is 1. The van der Waals surface area contributed by atoms with Crippen molar-refractivity contribution in [1.29, 1.82) is 0 Å². The standard InChI is InChI=1S/C9H9Cl2/c1-7-5-3-4-6-8(7)9(2,10)11/h3-6H,1H2,2H3.